The van der Waals surface area contributed by atoms with Gasteiger partial charge in [0.25, 0.3) is 0 Å². The molecule has 1 heterocycles. The predicted molar refractivity (Wildman–Crippen MR) is 300 cm³/mol. The van der Waals surface area contributed by atoms with Gasteiger partial charge in [-0.2, -0.15) is 0 Å². The number of hydrogen-bond acceptors (Lipinski definition) is 8. The van der Waals surface area contributed by atoms with E-state index in [9.17, 15) is 4.79 Å². The Kier molecular flexibility index (Phi) is 42.2. The third-order valence-electron chi connectivity index (χ3n) is 15.0. The minimum atomic E-state index is -0.198. The number of allylic oxidation sites excluding steroid dienone is 4. The maximum absolute atomic E-state index is 12.9. The highest BCUT2D eigenvalue weighted by Gasteiger charge is 2.32. The van der Waals surface area contributed by atoms with Crippen LogP contribution in [0.1, 0.15) is 280 Å². The number of carbonyl (C=O) groups excluding carboxylic acids is 1. The largest absolute Gasteiger partial charge is 0.493 e. The molecule has 3 fully saturated rings. The summed E-state index contributed by atoms with van der Waals surface area (Å²) in [6.07, 6.45) is 42.6. The Bertz CT molecular complexity index is 1250. The second-order valence-electron chi connectivity index (χ2n) is 21.7. The van der Waals surface area contributed by atoms with E-state index in [1.165, 1.54) is 166 Å². The Hall–Kier alpha value is -1.65. The molecule has 1 amide bonds. The summed E-state index contributed by atoms with van der Waals surface area (Å²) in [5, 5.41) is 0. The number of nitrogens with zero attached hydrogens (tertiary/aromatic N) is 2. The molecule has 0 aromatic heterocycles. The molecule has 0 aromatic carbocycles. The molecule has 0 aromatic rings. The van der Waals surface area contributed by atoms with Gasteiger partial charge in [0.1, 0.15) is 6.10 Å². The van der Waals surface area contributed by atoms with Crippen molar-refractivity contribution in [2.24, 2.45) is 5.92 Å². The zero-order chi connectivity index (χ0) is 51.4. The normalized spacial score (nSPS) is 16.7. The van der Waals surface area contributed by atoms with Gasteiger partial charge >= 0.3 is 6.09 Å². The van der Waals surface area contributed by atoms with Crippen LogP contribution < -0.4 is 0 Å². The van der Waals surface area contributed by atoms with Crippen LogP contribution in [-0.4, -0.2) is 100 Å². The first-order valence-corrected chi connectivity index (χ1v) is 30.9. The van der Waals surface area contributed by atoms with Gasteiger partial charge in [0.05, 0.1) is 18.9 Å². The van der Waals surface area contributed by atoms with E-state index in [0.29, 0.717) is 19.1 Å². The van der Waals surface area contributed by atoms with Crippen LogP contribution in [-0.2, 0) is 28.4 Å². The van der Waals surface area contributed by atoms with Gasteiger partial charge < -0.3 is 38.2 Å². The molecule has 1 saturated heterocycles. The summed E-state index contributed by atoms with van der Waals surface area (Å²) in [6, 6.07) is 0. The molecule has 71 heavy (non-hydrogen) atoms. The molecule has 2 aliphatic carbocycles. The van der Waals surface area contributed by atoms with Crippen molar-refractivity contribution in [2.45, 2.75) is 299 Å². The van der Waals surface area contributed by atoms with Crippen LogP contribution >= 0.6 is 0 Å². The maximum atomic E-state index is 12.9. The molecule has 0 bridgehead atoms. The number of ether oxygens (including phenoxy) is 6. The molecule has 2 saturated carbocycles. The number of rotatable bonds is 46. The fourth-order valence-corrected chi connectivity index (χ4v) is 9.83. The molecular weight excluding hydrogens is 885 g/mol. The number of likely N-dealkylation sites (tertiary alicyclic amines) is 1. The highest BCUT2D eigenvalue weighted by molar-refractivity contribution is 5.67. The van der Waals surface area contributed by atoms with Crippen molar-refractivity contribution in [3.63, 3.8) is 0 Å². The van der Waals surface area contributed by atoms with Crippen molar-refractivity contribution >= 4 is 6.09 Å². The van der Waals surface area contributed by atoms with E-state index in [1.807, 2.05) is 4.90 Å². The smallest absolute Gasteiger partial charge is 0.409 e. The molecule has 2 unspecified atom stereocenters. The molecule has 0 N–H and O–H groups in total. The molecule has 3 aliphatic rings. The number of hydrogen-bond donors (Lipinski definition) is 0. The Balaban J connectivity index is 0.000000547. The van der Waals surface area contributed by atoms with Crippen LogP contribution in [0.25, 0.3) is 0 Å². The lowest BCUT2D eigenvalue weighted by atomic mass is 9.87. The van der Waals surface area contributed by atoms with E-state index in [1.54, 1.807) is 11.1 Å². The summed E-state index contributed by atoms with van der Waals surface area (Å²) in [7, 11) is 0. The second-order valence-corrected chi connectivity index (χ2v) is 21.7. The highest BCUT2D eigenvalue weighted by Crippen LogP contribution is 2.36. The van der Waals surface area contributed by atoms with Gasteiger partial charge in [-0.05, 0) is 109 Å². The summed E-state index contributed by atoms with van der Waals surface area (Å²) in [5.74, 6) is 1.50. The summed E-state index contributed by atoms with van der Waals surface area (Å²) >= 11 is 0. The lowest BCUT2D eigenvalue weighted by molar-refractivity contribution is -0.148. The third-order valence-corrected chi connectivity index (χ3v) is 15.0. The van der Waals surface area contributed by atoms with Crippen molar-refractivity contribution in [3.8, 4) is 0 Å². The lowest BCUT2D eigenvalue weighted by Gasteiger charge is -2.36. The Labute approximate surface area is 440 Å². The van der Waals surface area contributed by atoms with Crippen molar-refractivity contribution < 1.29 is 33.2 Å². The molecule has 9 nitrogen and oxygen atoms in total. The molecular formula is C62H118N2O7. The van der Waals surface area contributed by atoms with Crippen molar-refractivity contribution in [1.82, 2.24) is 9.80 Å². The average Bonchev–Trinajstić information content (AvgIpc) is 4.21. The molecule has 3 rings (SSSR count). The number of unbranched alkanes of at least 4 members (excludes halogenated alkanes) is 20. The summed E-state index contributed by atoms with van der Waals surface area (Å²) in [4.78, 5) is 17.1. The zero-order valence-electron chi connectivity index (χ0n) is 48.4. The first-order valence-electron chi connectivity index (χ1n) is 30.9. The predicted octanol–water partition coefficient (Wildman–Crippen LogP) is 17.8. The summed E-state index contributed by atoms with van der Waals surface area (Å²) in [6.45, 7) is 26.0. The maximum Gasteiger partial charge on any atom is 0.409 e. The molecule has 418 valence electrons. The van der Waals surface area contributed by atoms with Gasteiger partial charge in [-0.1, -0.05) is 188 Å². The Morgan fingerprint density at radius 2 is 0.972 bits per heavy atom. The lowest BCUT2D eigenvalue weighted by Crippen LogP contribution is -2.46. The van der Waals surface area contributed by atoms with Crippen LogP contribution in [0.4, 0.5) is 4.79 Å². The fourth-order valence-electron chi connectivity index (χ4n) is 9.83. The third kappa shape index (κ3) is 35.3. The molecule has 9 heteroatoms. The van der Waals surface area contributed by atoms with Gasteiger partial charge in [0, 0.05) is 58.8 Å². The minimum Gasteiger partial charge on any atom is -0.493 e. The highest BCUT2D eigenvalue weighted by atomic mass is 16.7. The minimum absolute atomic E-state index is 0.00640. The first-order chi connectivity index (χ1) is 34.8. The molecule has 0 radical (unpaired) electrons. The van der Waals surface area contributed by atoms with E-state index in [4.69, 9.17) is 28.4 Å². The molecule has 2 atom stereocenters. The van der Waals surface area contributed by atoms with Gasteiger partial charge in [0.15, 0.2) is 12.6 Å². The standard InChI is InChI=1S/C37H70N2O5.C25H48O2/c1-6-10-12-14-16-18-26-41-36(42-27-19-17-15-13-11-7-2)24-23-35(33-21-22-33)44-34-29-32(5)30-39(31-34)37(40)43-28-20-25-38(8-3)9-4;1-4-6-8-10-12-14-21-26-25(20-19-23(3)24-17-16-18-24)27-22-15-13-11-9-7-5-2/h32,34,36H,6-31H2,1-5H3;25H,4-22H2,1-3H3. The zero-order valence-corrected chi connectivity index (χ0v) is 48.4. The second kappa shape index (κ2) is 45.7. The van der Waals surface area contributed by atoms with Gasteiger partial charge in [-0.3, -0.25) is 0 Å². The molecule has 1 aliphatic heterocycles. The van der Waals surface area contributed by atoms with Crippen LogP contribution in [0.2, 0.25) is 0 Å². The number of amides is 1. The summed E-state index contributed by atoms with van der Waals surface area (Å²) < 4.78 is 37.2. The number of piperidine rings is 1. The van der Waals surface area contributed by atoms with Crippen molar-refractivity contribution in [3.05, 3.63) is 22.5 Å². The summed E-state index contributed by atoms with van der Waals surface area (Å²) in [5.41, 5.74) is 4.72. The van der Waals surface area contributed by atoms with Gasteiger partial charge in [-0.25, -0.2) is 4.79 Å². The average molecular weight is 1000 g/mol. The SMILES string of the molecule is CCCCCCCCOC(CCC(C)=C1CCC1)OCCCCCCCC.CCCCCCCCOC(CCC(OC1CC(C)CN(C(=O)OCCCN(CC)CC)C1)=C1CC1)OCCCCCCCC. The van der Waals surface area contributed by atoms with E-state index < -0.39 is 0 Å². The quantitative estimate of drug-likeness (QED) is 0.0258. The van der Waals surface area contributed by atoms with Crippen LogP contribution in [0.15, 0.2) is 22.5 Å². The van der Waals surface area contributed by atoms with E-state index >= 15 is 0 Å². The van der Waals surface area contributed by atoms with Crippen LogP contribution in [0.5, 0.6) is 0 Å². The van der Waals surface area contributed by atoms with Crippen molar-refractivity contribution in [1.29, 1.82) is 0 Å². The number of carbonyl (C=O) groups is 1. The Morgan fingerprint density at radius 1 is 0.535 bits per heavy atom. The van der Waals surface area contributed by atoms with E-state index in [0.717, 1.165) is 123 Å². The Morgan fingerprint density at radius 3 is 1.38 bits per heavy atom. The van der Waals surface area contributed by atoms with Crippen LogP contribution in [0.3, 0.4) is 0 Å². The van der Waals surface area contributed by atoms with Crippen LogP contribution in [0, 0.1) is 5.92 Å². The molecule has 0 spiro atoms. The van der Waals surface area contributed by atoms with E-state index in [-0.39, 0.29) is 24.8 Å². The van der Waals surface area contributed by atoms with Crippen molar-refractivity contribution in [2.75, 3.05) is 65.8 Å². The fraction of sp³-hybridized carbons (Fsp3) is 0.919. The topological polar surface area (TPSA) is 78.9 Å². The monoisotopic (exact) mass is 1000 g/mol. The first kappa shape index (κ1) is 65.5. The van der Waals surface area contributed by atoms with Gasteiger partial charge in [0.2, 0.25) is 0 Å². The van der Waals surface area contributed by atoms with E-state index in [2.05, 4.69) is 60.3 Å². The van der Waals surface area contributed by atoms with Gasteiger partial charge in [-0.15, -0.1) is 0 Å².